The minimum atomic E-state index is -0.271. The van der Waals surface area contributed by atoms with E-state index in [0.717, 1.165) is 17.5 Å². The van der Waals surface area contributed by atoms with Gasteiger partial charge in [0.1, 0.15) is 0 Å². The summed E-state index contributed by atoms with van der Waals surface area (Å²) >= 11 is 0. The SMILES string of the molecule is [2H]C(c1ccccc1)c1ccc(CC)cc1. The Morgan fingerprint density at radius 3 is 1.93 bits per heavy atom. The van der Waals surface area contributed by atoms with E-state index in [0.29, 0.717) is 0 Å². The van der Waals surface area contributed by atoms with E-state index in [4.69, 9.17) is 1.37 Å². The van der Waals surface area contributed by atoms with Gasteiger partial charge in [0.05, 0.1) is 0 Å². The number of hydrogen-bond donors (Lipinski definition) is 0. The Balaban J connectivity index is 2.24. The number of benzene rings is 2. The highest BCUT2D eigenvalue weighted by molar-refractivity contribution is 5.28. The molecule has 2 rings (SSSR count). The van der Waals surface area contributed by atoms with Gasteiger partial charge in [0, 0.05) is 1.37 Å². The molecule has 1 atom stereocenters. The van der Waals surface area contributed by atoms with E-state index in [1.54, 1.807) is 0 Å². The van der Waals surface area contributed by atoms with Gasteiger partial charge in [-0.3, -0.25) is 0 Å². The first-order chi connectivity index (χ1) is 7.81. The highest BCUT2D eigenvalue weighted by atomic mass is 14.0. The fraction of sp³-hybridized carbons (Fsp3) is 0.200. The number of rotatable bonds is 3. The zero-order valence-corrected chi connectivity index (χ0v) is 8.98. The average molecular weight is 197 g/mol. The molecule has 0 fully saturated rings. The van der Waals surface area contributed by atoms with E-state index >= 15 is 0 Å². The molecular weight excluding hydrogens is 180 g/mol. The molecule has 15 heavy (non-hydrogen) atoms. The van der Waals surface area contributed by atoms with Gasteiger partial charge in [-0.15, -0.1) is 0 Å². The molecule has 76 valence electrons. The summed E-state index contributed by atoms with van der Waals surface area (Å²) in [5.41, 5.74) is 3.43. The van der Waals surface area contributed by atoms with Crippen LogP contribution >= 0.6 is 0 Å². The molecule has 0 amide bonds. The van der Waals surface area contributed by atoms with Crippen molar-refractivity contribution in [2.45, 2.75) is 19.7 Å². The summed E-state index contributed by atoms with van der Waals surface area (Å²) in [7, 11) is 0. The van der Waals surface area contributed by atoms with Gasteiger partial charge < -0.3 is 0 Å². The van der Waals surface area contributed by atoms with Crippen molar-refractivity contribution in [2.75, 3.05) is 0 Å². The molecule has 0 aliphatic rings. The first-order valence-corrected chi connectivity index (χ1v) is 5.37. The summed E-state index contributed by atoms with van der Waals surface area (Å²) in [4.78, 5) is 0. The van der Waals surface area contributed by atoms with Crippen LogP contribution in [0.5, 0.6) is 0 Å². The van der Waals surface area contributed by atoms with Crippen molar-refractivity contribution in [1.29, 1.82) is 0 Å². The first kappa shape index (κ1) is 8.72. The van der Waals surface area contributed by atoms with Crippen LogP contribution in [0.15, 0.2) is 54.6 Å². The molecule has 1 unspecified atom stereocenters. The van der Waals surface area contributed by atoms with Gasteiger partial charge in [-0.2, -0.15) is 0 Å². The Kier molecular flexibility index (Phi) is 2.78. The largest absolute Gasteiger partial charge is 0.0622 e. The van der Waals surface area contributed by atoms with Crippen LogP contribution in [0.4, 0.5) is 0 Å². The van der Waals surface area contributed by atoms with Gasteiger partial charge in [-0.05, 0) is 29.5 Å². The normalized spacial score (nSPS) is 13.3. The van der Waals surface area contributed by atoms with E-state index in [1.165, 1.54) is 5.56 Å². The summed E-state index contributed by atoms with van der Waals surface area (Å²) in [5, 5.41) is 0. The molecule has 0 nitrogen and oxygen atoms in total. The smallest absolute Gasteiger partial charge is 0.0366 e. The summed E-state index contributed by atoms with van der Waals surface area (Å²) in [6.45, 7) is 2.14. The molecule has 2 aromatic carbocycles. The standard InChI is InChI=1S/C15H16/c1-2-13-8-10-15(11-9-13)12-14-6-4-3-5-7-14/h3-11H,2,12H2,1H3/i12D. The number of aryl methyl sites for hydroxylation is 1. The Labute approximate surface area is 93.0 Å². The van der Waals surface area contributed by atoms with Crippen LogP contribution in [0.1, 0.15) is 25.0 Å². The lowest BCUT2D eigenvalue weighted by atomic mass is 10.0. The first-order valence-electron chi connectivity index (χ1n) is 5.95. The maximum absolute atomic E-state index is 8.18. The zero-order chi connectivity index (χ0) is 11.4. The van der Waals surface area contributed by atoms with E-state index in [2.05, 4.69) is 31.2 Å². The number of hydrogen-bond acceptors (Lipinski definition) is 0. The van der Waals surface area contributed by atoms with Gasteiger partial charge in [0.2, 0.25) is 0 Å². The molecule has 0 saturated heterocycles. The van der Waals surface area contributed by atoms with Crippen molar-refractivity contribution >= 4 is 0 Å². The van der Waals surface area contributed by atoms with Crippen LogP contribution in [-0.4, -0.2) is 0 Å². The second-order valence-corrected chi connectivity index (χ2v) is 3.65. The molecule has 0 heteroatoms. The van der Waals surface area contributed by atoms with E-state index in [9.17, 15) is 0 Å². The second-order valence-electron chi connectivity index (χ2n) is 3.65. The van der Waals surface area contributed by atoms with Crippen LogP contribution in [0.25, 0.3) is 0 Å². The quantitative estimate of drug-likeness (QED) is 0.701. The third-order valence-electron chi connectivity index (χ3n) is 2.52. The van der Waals surface area contributed by atoms with Crippen LogP contribution in [0.3, 0.4) is 0 Å². The summed E-state index contributed by atoms with van der Waals surface area (Å²) in [6.07, 6.45) is 0.779. The van der Waals surface area contributed by atoms with Gasteiger partial charge in [0.15, 0.2) is 0 Å². The summed E-state index contributed by atoms with van der Waals surface area (Å²) in [6, 6.07) is 18.3. The molecule has 0 spiro atoms. The minimum absolute atomic E-state index is 0.271. The van der Waals surface area contributed by atoms with Crippen molar-refractivity contribution in [3.05, 3.63) is 71.3 Å². The third-order valence-corrected chi connectivity index (χ3v) is 2.52. The van der Waals surface area contributed by atoms with Crippen molar-refractivity contribution in [1.82, 2.24) is 0 Å². The lowest BCUT2D eigenvalue weighted by Gasteiger charge is -2.02. The van der Waals surface area contributed by atoms with E-state index < -0.39 is 0 Å². The van der Waals surface area contributed by atoms with E-state index in [1.807, 2.05) is 30.3 Å². The van der Waals surface area contributed by atoms with Crippen LogP contribution in [0, 0.1) is 0 Å². The Hall–Kier alpha value is -1.56. The van der Waals surface area contributed by atoms with Gasteiger partial charge in [-0.1, -0.05) is 61.5 Å². The maximum Gasteiger partial charge on any atom is 0.0366 e. The highest BCUT2D eigenvalue weighted by Gasteiger charge is 1.95. The second kappa shape index (κ2) is 4.79. The topological polar surface area (TPSA) is 0 Å². The molecule has 0 saturated carbocycles. The predicted octanol–water partition coefficient (Wildman–Crippen LogP) is 3.84. The molecule has 0 bridgehead atoms. The van der Waals surface area contributed by atoms with Crippen LogP contribution < -0.4 is 0 Å². The van der Waals surface area contributed by atoms with Gasteiger partial charge in [0.25, 0.3) is 0 Å². The molecule has 0 aromatic heterocycles. The minimum Gasteiger partial charge on any atom is -0.0622 e. The Morgan fingerprint density at radius 1 is 0.800 bits per heavy atom. The fourth-order valence-electron chi connectivity index (χ4n) is 1.59. The third kappa shape index (κ3) is 2.69. The van der Waals surface area contributed by atoms with Crippen molar-refractivity contribution in [2.24, 2.45) is 0 Å². The highest BCUT2D eigenvalue weighted by Crippen LogP contribution is 2.10. The van der Waals surface area contributed by atoms with Gasteiger partial charge in [-0.25, -0.2) is 0 Å². The molecule has 0 radical (unpaired) electrons. The van der Waals surface area contributed by atoms with Crippen LogP contribution in [0.2, 0.25) is 0 Å². The average Bonchev–Trinajstić information content (AvgIpc) is 2.39. The molecule has 0 aliphatic carbocycles. The van der Waals surface area contributed by atoms with Crippen molar-refractivity contribution in [3.8, 4) is 0 Å². The summed E-state index contributed by atoms with van der Waals surface area (Å²) in [5.74, 6) is 0. The predicted molar refractivity (Wildman–Crippen MR) is 65.1 cm³/mol. The Bertz CT molecular complexity index is 431. The van der Waals surface area contributed by atoms with Crippen molar-refractivity contribution in [3.63, 3.8) is 0 Å². The molecule has 2 aromatic rings. The van der Waals surface area contributed by atoms with Crippen molar-refractivity contribution < 1.29 is 1.37 Å². The fourth-order valence-corrected chi connectivity index (χ4v) is 1.59. The Morgan fingerprint density at radius 2 is 1.33 bits per heavy atom. The molecule has 0 aliphatic heterocycles. The molecular formula is C15H16. The molecule has 0 heterocycles. The lowest BCUT2D eigenvalue weighted by Crippen LogP contribution is -1.88. The van der Waals surface area contributed by atoms with Gasteiger partial charge >= 0.3 is 0 Å². The van der Waals surface area contributed by atoms with Crippen LogP contribution in [-0.2, 0) is 12.8 Å². The van der Waals surface area contributed by atoms with E-state index in [-0.39, 0.29) is 6.40 Å². The summed E-state index contributed by atoms with van der Waals surface area (Å²) < 4.78 is 8.18. The maximum atomic E-state index is 8.18. The monoisotopic (exact) mass is 197 g/mol. The zero-order valence-electron chi connectivity index (χ0n) is 9.98. The molecule has 0 N–H and O–H groups in total. The lowest BCUT2D eigenvalue weighted by molar-refractivity contribution is 1.12.